The number of benzene rings is 1. The van der Waals surface area contributed by atoms with Gasteiger partial charge in [-0.15, -0.1) is 0 Å². The van der Waals surface area contributed by atoms with E-state index in [0.29, 0.717) is 6.41 Å². The molecule has 1 aliphatic heterocycles. The zero-order valence-electron chi connectivity index (χ0n) is 10.8. The number of fused-ring (bicyclic) bond motifs is 1. The van der Waals surface area contributed by atoms with Gasteiger partial charge in [0.1, 0.15) is 11.4 Å². The first-order chi connectivity index (χ1) is 8.91. The number of ether oxygens (including phenoxy) is 1. The number of nitrogens with zero attached hydrogens (tertiary/aromatic N) is 1. The lowest BCUT2D eigenvalue weighted by Gasteiger charge is -2.38. The number of nitrogens with two attached hydrogens (primary N) is 1. The van der Waals surface area contributed by atoms with Gasteiger partial charge in [-0.2, -0.15) is 4.99 Å². The molecule has 0 spiro atoms. The molecule has 2 rings (SSSR count). The third-order valence-electron chi connectivity index (χ3n) is 2.94. The van der Waals surface area contributed by atoms with Gasteiger partial charge in [-0.3, -0.25) is 4.79 Å². The van der Waals surface area contributed by atoms with Crippen molar-refractivity contribution < 1.29 is 9.53 Å². The predicted molar refractivity (Wildman–Crippen MR) is 77.0 cm³/mol. The molecule has 1 atom stereocenters. The van der Waals surface area contributed by atoms with E-state index in [-0.39, 0.29) is 17.6 Å². The molecule has 1 unspecified atom stereocenters. The molecule has 0 fully saturated rings. The Bertz CT molecular complexity index is 529. The van der Waals surface area contributed by atoms with Crippen molar-refractivity contribution in [2.45, 2.75) is 31.9 Å². The minimum Gasteiger partial charge on any atom is -0.487 e. The van der Waals surface area contributed by atoms with E-state index in [0.717, 1.165) is 22.2 Å². The van der Waals surface area contributed by atoms with Crippen molar-refractivity contribution in [3.05, 3.63) is 28.2 Å². The molecular formula is C13H16BrN3O2. The molecule has 3 N–H and O–H groups in total. The highest BCUT2D eigenvalue weighted by molar-refractivity contribution is 9.10. The molecule has 0 saturated heterocycles. The number of carbonyl (C=O) groups excluding carboxylic acids is 1. The molecule has 1 heterocycles. The summed E-state index contributed by atoms with van der Waals surface area (Å²) in [6.45, 7) is 4.03. The number of hydrogen-bond donors (Lipinski definition) is 2. The third kappa shape index (κ3) is 3.26. The van der Waals surface area contributed by atoms with Gasteiger partial charge >= 0.3 is 0 Å². The van der Waals surface area contributed by atoms with Crippen LogP contribution in [0.15, 0.2) is 27.7 Å². The van der Waals surface area contributed by atoms with E-state index in [1.165, 1.54) is 0 Å². The smallest absolute Gasteiger partial charge is 0.236 e. The van der Waals surface area contributed by atoms with Gasteiger partial charge in [0.2, 0.25) is 6.41 Å². The Kier molecular flexibility index (Phi) is 3.80. The van der Waals surface area contributed by atoms with Crippen LogP contribution in [0.1, 0.15) is 31.9 Å². The molecule has 0 bridgehead atoms. The molecular weight excluding hydrogens is 310 g/mol. The molecule has 1 aromatic rings. The van der Waals surface area contributed by atoms with Crippen molar-refractivity contribution in [3.63, 3.8) is 0 Å². The monoisotopic (exact) mass is 325 g/mol. The van der Waals surface area contributed by atoms with Crippen molar-refractivity contribution in [2.24, 2.45) is 10.7 Å². The van der Waals surface area contributed by atoms with E-state index in [9.17, 15) is 4.79 Å². The lowest BCUT2D eigenvalue weighted by molar-refractivity contribution is -0.106. The Labute approximate surface area is 120 Å². The maximum Gasteiger partial charge on any atom is 0.236 e. The maximum atomic E-state index is 10.3. The predicted octanol–water partition coefficient (Wildman–Crippen LogP) is 2.11. The summed E-state index contributed by atoms with van der Waals surface area (Å²) in [5.74, 6) is 0.930. The van der Waals surface area contributed by atoms with Crippen LogP contribution in [0.25, 0.3) is 0 Å². The first kappa shape index (κ1) is 13.9. The molecule has 5 nitrogen and oxygen atoms in total. The van der Waals surface area contributed by atoms with Crippen LogP contribution >= 0.6 is 15.9 Å². The fraction of sp³-hybridized carbons (Fsp3) is 0.385. The van der Waals surface area contributed by atoms with Crippen molar-refractivity contribution in [3.8, 4) is 5.75 Å². The molecule has 6 heteroatoms. The summed E-state index contributed by atoms with van der Waals surface area (Å²) in [5, 5.41) is 3.05. The molecule has 0 aliphatic carbocycles. The van der Waals surface area contributed by atoms with Crippen LogP contribution in [0.2, 0.25) is 0 Å². The fourth-order valence-electron chi connectivity index (χ4n) is 2.23. The number of aliphatic imine (C=N–C) groups is 1. The summed E-state index contributed by atoms with van der Waals surface area (Å²) in [5.41, 5.74) is 6.35. The van der Waals surface area contributed by atoms with Gasteiger partial charge in [-0.1, -0.05) is 15.9 Å². The SMILES string of the molecule is CC1(C)CC(N/C(N)=N\C=O)c2cc(Br)ccc2O1. The molecule has 1 aromatic carbocycles. The summed E-state index contributed by atoms with van der Waals surface area (Å²) < 4.78 is 6.90. The van der Waals surface area contributed by atoms with Gasteiger partial charge in [0, 0.05) is 16.5 Å². The highest BCUT2D eigenvalue weighted by Gasteiger charge is 2.34. The van der Waals surface area contributed by atoms with Crippen molar-refractivity contribution >= 4 is 28.3 Å². The van der Waals surface area contributed by atoms with E-state index in [4.69, 9.17) is 10.5 Å². The molecule has 102 valence electrons. The van der Waals surface area contributed by atoms with Gasteiger partial charge in [-0.25, -0.2) is 0 Å². The largest absolute Gasteiger partial charge is 0.487 e. The van der Waals surface area contributed by atoms with E-state index < -0.39 is 0 Å². The molecule has 1 aliphatic rings. The Hall–Kier alpha value is -1.56. The average Bonchev–Trinajstić information content (AvgIpc) is 2.29. The van der Waals surface area contributed by atoms with Gasteiger partial charge in [0.15, 0.2) is 5.96 Å². The van der Waals surface area contributed by atoms with Gasteiger partial charge < -0.3 is 15.8 Å². The Morgan fingerprint density at radius 1 is 1.63 bits per heavy atom. The van der Waals surface area contributed by atoms with Gasteiger partial charge in [-0.05, 0) is 32.0 Å². The van der Waals surface area contributed by atoms with Gasteiger partial charge in [0.05, 0.1) is 6.04 Å². The van der Waals surface area contributed by atoms with Crippen molar-refractivity contribution in [2.75, 3.05) is 0 Å². The second kappa shape index (κ2) is 5.21. The van der Waals surface area contributed by atoms with Crippen LogP contribution in [0.5, 0.6) is 5.75 Å². The second-order valence-electron chi connectivity index (χ2n) is 5.06. The van der Waals surface area contributed by atoms with Crippen molar-refractivity contribution in [1.82, 2.24) is 5.32 Å². The number of amides is 1. The van der Waals surface area contributed by atoms with E-state index >= 15 is 0 Å². The first-order valence-corrected chi connectivity index (χ1v) is 6.72. The molecule has 0 saturated carbocycles. The molecule has 0 radical (unpaired) electrons. The van der Waals surface area contributed by atoms with E-state index in [2.05, 4.69) is 26.2 Å². The first-order valence-electron chi connectivity index (χ1n) is 5.93. The van der Waals surface area contributed by atoms with Crippen LogP contribution in [0, 0.1) is 0 Å². The Morgan fingerprint density at radius 3 is 3.05 bits per heavy atom. The minimum atomic E-state index is -0.306. The van der Waals surface area contributed by atoms with Crippen LogP contribution < -0.4 is 15.8 Å². The highest BCUT2D eigenvalue weighted by atomic mass is 79.9. The summed E-state index contributed by atoms with van der Waals surface area (Å²) in [4.78, 5) is 13.9. The lowest BCUT2D eigenvalue weighted by Crippen LogP contribution is -2.43. The number of hydrogen-bond acceptors (Lipinski definition) is 2. The minimum absolute atomic E-state index is 0.0417. The Morgan fingerprint density at radius 2 is 2.37 bits per heavy atom. The summed E-state index contributed by atoms with van der Waals surface area (Å²) in [7, 11) is 0. The maximum absolute atomic E-state index is 10.3. The normalized spacial score (nSPS) is 21.2. The highest BCUT2D eigenvalue weighted by Crippen LogP contribution is 2.40. The van der Waals surface area contributed by atoms with E-state index in [1.807, 2.05) is 32.0 Å². The van der Waals surface area contributed by atoms with Crippen molar-refractivity contribution in [1.29, 1.82) is 0 Å². The Balaban J connectivity index is 2.35. The average molecular weight is 326 g/mol. The number of halogens is 1. The molecule has 0 aromatic heterocycles. The van der Waals surface area contributed by atoms with Gasteiger partial charge in [0.25, 0.3) is 0 Å². The summed E-state index contributed by atoms with van der Waals surface area (Å²) in [6, 6.07) is 5.79. The van der Waals surface area contributed by atoms with Crippen LogP contribution in [0.4, 0.5) is 0 Å². The molecule has 1 amide bonds. The van der Waals surface area contributed by atoms with Crippen LogP contribution in [-0.4, -0.2) is 18.0 Å². The topological polar surface area (TPSA) is 76.7 Å². The number of guanidine groups is 1. The number of carbonyl (C=O) groups is 1. The standard InChI is InChI=1S/C13H16BrN3O2/c1-13(2)6-10(17-12(15)16-7-18)9-5-8(14)3-4-11(9)19-13/h3-5,7,10H,6H2,1-2H3,(H3,15,16,17,18). The van der Waals surface area contributed by atoms with E-state index in [1.54, 1.807) is 0 Å². The summed E-state index contributed by atoms with van der Waals surface area (Å²) in [6.07, 6.45) is 1.15. The fourth-order valence-corrected chi connectivity index (χ4v) is 2.61. The number of rotatable bonds is 2. The quantitative estimate of drug-likeness (QED) is 0.496. The third-order valence-corrected chi connectivity index (χ3v) is 3.44. The molecule has 19 heavy (non-hydrogen) atoms. The lowest BCUT2D eigenvalue weighted by atomic mass is 9.90. The second-order valence-corrected chi connectivity index (χ2v) is 5.98. The van der Waals surface area contributed by atoms with Crippen LogP contribution in [0.3, 0.4) is 0 Å². The summed E-state index contributed by atoms with van der Waals surface area (Å²) >= 11 is 3.44. The zero-order valence-corrected chi connectivity index (χ0v) is 12.4. The number of nitrogens with one attached hydrogen (secondary N) is 1. The van der Waals surface area contributed by atoms with Crippen LogP contribution in [-0.2, 0) is 4.79 Å². The zero-order chi connectivity index (χ0) is 14.0.